The number of benzene rings is 1. The number of likely N-dealkylation sites (N-methyl/N-ethyl adjacent to an activating group) is 1. The quantitative estimate of drug-likeness (QED) is 0.767. The van der Waals surface area contributed by atoms with Crippen LogP contribution in [0.5, 0.6) is 0 Å². The van der Waals surface area contributed by atoms with Crippen molar-refractivity contribution >= 4 is 11.6 Å². The second-order valence-corrected chi connectivity index (χ2v) is 5.01. The van der Waals surface area contributed by atoms with Gasteiger partial charge in [0.2, 0.25) is 5.91 Å². The number of nitrogens with zero attached hydrogens (tertiary/aromatic N) is 1. The number of carbonyl (C=O) groups is 1. The lowest BCUT2D eigenvalue weighted by Gasteiger charge is -2.17. The molecule has 0 spiro atoms. The molecule has 0 heterocycles. The number of amides is 1. The Bertz CT molecular complexity index is 373. The lowest BCUT2D eigenvalue weighted by molar-refractivity contribution is -0.116. The van der Waals surface area contributed by atoms with E-state index in [4.69, 9.17) is 5.73 Å². The van der Waals surface area contributed by atoms with E-state index in [-0.39, 0.29) is 12.5 Å². The lowest BCUT2D eigenvalue weighted by atomic mass is 10.2. The fourth-order valence-electron chi connectivity index (χ4n) is 1.70. The van der Waals surface area contributed by atoms with Crippen LogP contribution in [-0.2, 0) is 11.3 Å². The fourth-order valence-corrected chi connectivity index (χ4v) is 1.70. The van der Waals surface area contributed by atoms with Crippen molar-refractivity contribution in [3.05, 3.63) is 29.8 Å². The Balaban J connectivity index is 2.49. The summed E-state index contributed by atoms with van der Waals surface area (Å²) in [5.74, 6) is 0.339. The number of nitrogens with two attached hydrogens (primary N) is 1. The summed E-state index contributed by atoms with van der Waals surface area (Å²) in [5, 5.41) is 3.39. The lowest BCUT2D eigenvalue weighted by Crippen LogP contribution is -2.30. The predicted molar refractivity (Wildman–Crippen MR) is 75.5 cm³/mol. The molecule has 18 heavy (non-hydrogen) atoms. The van der Waals surface area contributed by atoms with Gasteiger partial charge in [-0.05, 0) is 30.2 Å². The second kappa shape index (κ2) is 7.01. The van der Waals surface area contributed by atoms with Gasteiger partial charge in [-0.2, -0.15) is 0 Å². The normalized spacial score (nSPS) is 10.7. The Morgan fingerprint density at radius 3 is 2.44 bits per heavy atom. The van der Waals surface area contributed by atoms with Crippen molar-refractivity contribution in [2.24, 2.45) is 11.7 Å². The molecule has 0 bridgehead atoms. The zero-order chi connectivity index (χ0) is 13.5. The average Bonchev–Trinajstić information content (AvgIpc) is 2.28. The van der Waals surface area contributed by atoms with E-state index in [1.54, 1.807) is 0 Å². The van der Waals surface area contributed by atoms with Crippen molar-refractivity contribution < 1.29 is 4.79 Å². The zero-order valence-corrected chi connectivity index (χ0v) is 11.4. The summed E-state index contributed by atoms with van der Waals surface area (Å²) in [6.45, 7) is 6.51. The molecule has 0 radical (unpaired) electrons. The van der Waals surface area contributed by atoms with Crippen molar-refractivity contribution in [1.29, 1.82) is 0 Å². The smallest absolute Gasteiger partial charge is 0.236 e. The maximum absolute atomic E-state index is 10.8. The largest absolute Gasteiger partial charge is 0.368 e. The molecule has 0 fully saturated rings. The third-order valence-electron chi connectivity index (χ3n) is 2.65. The maximum Gasteiger partial charge on any atom is 0.236 e. The first-order valence-electron chi connectivity index (χ1n) is 6.28. The fraction of sp³-hybridized carbons (Fsp3) is 0.500. The van der Waals surface area contributed by atoms with Gasteiger partial charge in [0.05, 0.1) is 6.54 Å². The third kappa shape index (κ3) is 5.19. The van der Waals surface area contributed by atoms with Crippen molar-refractivity contribution in [2.75, 3.05) is 25.0 Å². The van der Waals surface area contributed by atoms with Gasteiger partial charge >= 0.3 is 0 Å². The van der Waals surface area contributed by atoms with Crippen LogP contribution in [0.4, 0.5) is 5.69 Å². The summed E-state index contributed by atoms with van der Waals surface area (Å²) in [5.41, 5.74) is 7.41. The standard InChI is InChI=1S/C14H23N3O/c1-11(2)8-16-9-12-4-6-13(7-5-12)17(3)10-14(15)18/h4-7,11,16H,8-10H2,1-3H3,(H2,15,18). The van der Waals surface area contributed by atoms with Crippen LogP contribution < -0.4 is 16.0 Å². The number of anilines is 1. The first-order valence-corrected chi connectivity index (χ1v) is 6.28. The number of nitrogens with one attached hydrogen (secondary N) is 1. The molecule has 0 unspecified atom stereocenters. The van der Waals surface area contributed by atoms with Crippen LogP contribution in [0.2, 0.25) is 0 Å². The molecular formula is C14H23N3O. The number of primary amides is 1. The summed E-state index contributed by atoms with van der Waals surface area (Å²) in [6.07, 6.45) is 0. The molecule has 1 amide bonds. The van der Waals surface area contributed by atoms with Crippen LogP contribution in [-0.4, -0.2) is 26.0 Å². The zero-order valence-electron chi connectivity index (χ0n) is 11.4. The maximum atomic E-state index is 10.8. The summed E-state index contributed by atoms with van der Waals surface area (Å²) in [7, 11) is 1.86. The average molecular weight is 249 g/mol. The monoisotopic (exact) mass is 249 g/mol. The van der Waals surface area contributed by atoms with E-state index in [2.05, 4.69) is 31.3 Å². The van der Waals surface area contributed by atoms with Gasteiger partial charge in [-0.15, -0.1) is 0 Å². The summed E-state index contributed by atoms with van der Waals surface area (Å²) < 4.78 is 0. The van der Waals surface area contributed by atoms with Crippen molar-refractivity contribution in [3.63, 3.8) is 0 Å². The van der Waals surface area contributed by atoms with Crippen molar-refractivity contribution in [2.45, 2.75) is 20.4 Å². The van der Waals surface area contributed by atoms with Crippen molar-refractivity contribution in [1.82, 2.24) is 5.32 Å². The molecule has 0 aliphatic heterocycles. The summed E-state index contributed by atoms with van der Waals surface area (Å²) in [6, 6.07) is 8.16. The van der Waals surface area contributed by atoms with Crippen LogP contribution in [0.25, 0.3) is 0 Å². The topological polar surface area (TPSA) is 58.4 Å². The van der Waals surface area contributed by atoms with Crippen LogP contribution >= 0.6 is 0 Å². The van der Waals surface area contributed by atoms with Crippen LogP contribution in [0.15, 0.2) is 24.3 Å². The molecule has 0 aliphatic rings. The minimum Gasteiger partial charge on any atom is -0.368 e. The Morgan fingerprint density at radius 1 is 1.33 bits per heavy atom. The molecule has 4 nitrogen and oxygen atoms in total. The molecule has 1 aromatic rings. The first-order chi connectivity index (χ1) is 8.49. The van der Waals surface area contributed by atoms with Crippen molar-refractivity contribution in [3.8, 4) is 0 Å². The molecule has 1 rings (SSSR count). The van der Waals surface area contributed by atoms with Gasteiger partial charge in [0.1, 0.15) is 0 Å². The first kappa shape index (κ1) is 14.5. The van der Waals surface area contributed by atoms with Gasteiger partial charge < -0.3 is 16.0 Å². The van der Waals surface area contributed by atoms with Gasteiger partial charge in [0, 0.05) is 19.3 Å². The number of carbonyl (C=O) groups excluding carboxylic acids is 1. The minimum atomic E-state index is -0.319. The van der Waals surface area contributed by atoms with E-state index < -0.39 is 0 Å². The van der Waals surface area contributed by atoms with Gasteiger partial charge in [-0.1, -0.05) is 26.0 Å². The summed E-state index contributed by atoms with van der Waals surface area (Å²) >= 11 is 0. The SMILES string of the molecule is CC(C)CNCc1ccc(N(C)CC(N)=O)cc1. The number of rotatable bonds is 7. The highest BCUT2D eigenvalue weighted by molar-refractivity contribution is 5.79. The number of hydrogen-bond acceptors (Lipinski definition) is 3. The molecule has 3 N–H and O–H groups in total. The molecule has 4 heteroatoms. The van der Waals surface area contributed by atoms with Gasteiger partial charge in [0.25, 0.3) is 0 Å². The molecule has 100 valence electrons. The molecule has 0 saturated carbocycles. The Labute approximate surface area is 109 Å². The van der Waals surface area contributed by atoms with E-state index in [9.17, 15) is 4.79 Å². The van der Waals surface area contributed by atoms with Crippen LogP contribution in [0.1, 0.15) is 19.4 Å². The predicted octanol–water partition coefficient (Wildman–Crippen LogP) is 1.35. The highest BCUT2D eigenvalue weighted by Gasteiger charge is 2.03. The molecule has 0 aromatic heterocycles. The van der Waals surface area contributed by atoms with E-state index >= 15 is 0 Å². The Morgan fingerprint density at radius 2 is 1.94 bits per heavy atom. The highest BCUT2D eigenvalue weighted by Crippen LogP contribution is 2.13. The van der Waals surface area contributed by atoms with Crippen LogP contribution in [0.3, 0.4) is 0 Å². The highest BCUT2D eigenvalue weighted by atomic mass is 16.1. The van der Waals surface area contributed by atoms with Crippen LogP contribution in [0, 0.1) is 5.92 Å². The molecular weight excluding hydrogens is 226 g/mol. The Kier molecular flexibility index (Phi) is 5.65. The minimum absolute atomic E-state index is 0.241. The van der Waals surface area contributed by atoms with E-state index in [1.165, 1.54) is 5.56 Å². The van der Waals surface area contributed by atoms with E-state index in [0.29, 0.717) is 5.92 Å². The molecule has 1 aromatic carbocycles. The van der Waals surface area contributed by atoms with E-state index in [1.807, 2.05) is 24.1 Å². The Hall–Kier alpha value is -1.55. The summed E-state index contributed by atoms with van der Waals surface area (Å²) in [4.78, 5) is 12.7. The third-order valence-corrected chi connectivity index (χ3v) is 2.65. The molecule has 0 atom stereocenters. The van der Waals surface area contributed by atoms with E-state index in [0.717, 1.165) is 18.8 Å². The molecule has 0 saturated heterocycles. The number of hydrogen-bond donors (Lipinski definition) is 2. The second-order valence-electron chi connectivity index (χ2n) is 5.01. The molecule has 0 aliphatic carbocycles. The van der Waals surface area contributed by atoms with Gasteiger partial charge in [-0.25, -0.2) is 0 Å². The van der Waals surface area contributed by atoms with Gasteiger partial charge in [-0.3, -0.25) is 4.79 Å². The van der Waals surface area contributed by atoms with Gasteiger partial charge in [0.15, 0.2) is 0 Å².